The van der Waals surface area contributed by atoms with E-state index in [2.05, 4.69) is 22.4 Å². The van der Waals surface area contributed by atoms with Crippen molar-refractivity contribution in [3.05, 3.63) is 63.8 Å². The second-order valence-electron chi connectivity index (χ2n) is 5.08. The summed E-state index contributed by atoms with van der Waals surface area (Å²) in [6, 6.07) is 13.6. The zero-order chi connectivity index (χ0) is 14.1. The third-order valence-electron chi connectivity index (χ3n) is 3.55. The lowest BCUT2D eigenvalue weighted by Crippen LogP contribution is -2.08. The van der Waals surface area contributed by atoms with Crippen molar-refractivity contribution < 1.29 is 4.92 Å². The number of aryl methyl sites for hydroxylation is 1. The molecule has 1 aliphatic carbocycles. The molecule has 1 aliphatic rings. The van der Waals surface area contributed by atoms with Crippen LogP contribution in [-0.2, 0) is 0 Å². The summed E-state index contributed by atoms with van der Waals surface area (Å²) >= 11 is 0. The predicted octanol–water partition coefficient (Wildman–Crippen LogP) is 3.27. The van der Waals surface area contributed by atoms with E-state index in [1.165, 1.54) is 11.6 Å². The van der Waals surface area contributed by atoms with E-state index in [1.54, 1.807) is 6.07 Å². The summed E-state index contributed by atoms with van der Waals surface area (Å²) in [6.45, 7) is 1.83. The van der Waals surface area contributed by atoms with Crippen LogP contribution in [0, 0.1) is 17.0 Å². The topological polar surface area (TPSA) is 68.1 Å². The number of nitro groups is 1. The Morgan fingerprint density at radius 1 is 1.25 bits per heavy atom. The summed E-state index contributed by atoms with van der Waals surface area (Å²) in [6.07, 6.45) is 0.983. The third-order valence-corrected chi connectivity index (χ3v) is 3.55. The highest BCUT2D eigenvalue weighted by atomic mass is 16.6. The fraction of sp³-hybridized carbons (Fsp3) is 0.267. The van der Waals surface area contributed by atoms with Gasteiger partial charge in [-0.3, -0.25) is 10.1 Å². The summed E-state index contributed by atoms with van der Waals surface area (Å²) in [4.78, 5) is 14.9. The summed E-state index contributed by atoms with van der Waals surface area (Å²) in [7, 11) is 0. The second-order valence-corrected chi connectivity index (χ2v) is 5.08. The molecule has 1 fully saturated rings. The van der Waals surface area contributed by atoms with E-state index in [0.29, 0.717) is 11.7 Å². The van der Waals surface area contributed by atoms with Crippen molar-refractivity contribution >= 4 is 11.5 Å². The van der Waals surface area contributed by atoms with Crippen LogP contribution >= 0.6 is 0 Å². The average molecular weight is 269 g/mol. The maximum absolute atomic E-state index is 11.0. The molecule has 102 valence electrons. The highest BCUT2D eigenvalue weighted by Crippen LogP contribution is 2.43. The second kappa shape index (κ2) is 4.92. The zero-order valence-electron chi connectivity index (χ0n) is 11.1. The van der Waals surface area contributed by atoms with Crippen molar-refractivity contribution in [2.24, 2.45) is 0 Å². The molecule has 3 rings (SSSR count). The van der Waals surface area contributed by atoms with Crippen LogP contribution in [0.25, 0.3) is 0 Å². The molecule has 0 radical (unpaired) electrons. The number of rotatable bonds is 4. The van der Waals surface area contributed by atoms with Gasteiger partial charge in [-0.1, -0.05) is 30.3 Å². The van der Waals surface area contributed by atoms with E-state index in [-0.39, 0.29) is 11.7 Å². The third kappa shape index (κ3) is 2.47. The van der Waals surface area contributed by atoms with Crippen molar-refractivity contribution in [1.29, 1.82) is 0 Å². The van der Waals surface area contributed by atoms with Gasteiger partial charge in [0.25, 0.3) is 0 Å². The van der Waals surface area contributed by atoms with Crippen LogP contribution < -0.4 is 5.32 Å². The van der Waals surface area contributed by atoms with E-state index in [1.807, 2.05) is 25.1 Å². The minimum absolute atomic E-state index is 0.0364. The first-order chi connectivity index (χ1) is 9.65. The number of nitrogens with one attached hydrogen (secondary N) is 1. The number of benzene rings is 1. The van der Waals surface area contributed by atoms with Gasteiger partial charge in [0.15, 0.2) is 0 Å². The number of nitrogens with zero attached hydrogens (tertiary/aromatic N) is 2. The number of aromatic nitrogens is 1. The van der Waals surface area contributed by atoms with Gasteiger partial charge in [-0.2, -0.15) is 0 Å². The van der Waals surface area contributed by atoms with Gasteiger partial charge in [-0.15, -0.1) is 0 Å². The predicted molar refractivity (Wildman–Crippen MR) is 76.8 cm³/mol. The Bertz CT molecular complexity index is 643. The number of hydrogen-bond acceptors (Lipinski definition) is 4. The van der Waals surface area contributed by atoms with Gasteiger partial charge in [0, 0.05) is 23.7 Å². The minimum Gasteiger partial charge on any atom is -0.361 e. The molecule has 2 atom stereocenters. The molecule has 0 saturated heterocycles. The van der Waals surface area contributed by atoms with Gasteiger partial charge in [-0.25, -0.2) is 4.98 Å². The molecule has 2 unspecified atom stereocenters. The molecule has 20 heavy (non-hydrogen) atoms. The van der Waals surface area contributed by atoms with Gasteiger partial charge < -0.3 is 5.32 Å². The van der Waals surface area contributed by atoms with E-state index in [0.717, 1.165) is 12.1 Å². The SMILES string of the molecule is Cc1ccc([N+](=O)[O-])c(NC2CC2c2ccccc2)n1. The summed E-state index contributed by atoms with van der Waals surface area (Å²) in [5, 5.41) is 14.2. The molecule has 1 N–H and O–H groups in total. The molecule has 1 heterocycles. The van der Waals surface area contributed by atoms with Gasteiger partial charge >= 0.3 is 5.69 Å². The largest absolute Gasteiger partial charge is 0.361 e. The van der Waals surface area contributed by atoms with Crippen molar-refractivity contribution in [2.75, 3.05) is 5.32 Å². The van der Waals surface area contributed by atoms with E-state index in [4.69, 9.17) is 0 Å². The van der Waals surface area contributed by atoms with Crippen LogP contribution in [0.3, 0.4) is 0 Å². The molecule has 0 bridgehead atoms. The Balaban J connectivity index is 1.77. The molecule has 0 amide bonds. The van der Waals surface area contributed by atoms with Crippen LogP contribution in [0.15, 0.2) is 42.5 Å². The Hall–Kier alpha value is -2.43. The first-order valence-electron chi connectivity index (χ1n) is 6.58. The number of hydrogen-bond donors (Lipinski definition) is 1. The highest BCUT2D eigenvalue weighted by Gasteiger charge is 2.39. The van der Waals surface area contributed by atoms with Gasteiger partial charge in [-0.05, 0) is 25.0 Å². The van der Waals surface area contributed by atoms with Crippen molar-refractivity contribution in [1.82, 2.24) is 4.98 Å². The van der Waals surface area contributed by atoms with Crippen molar-refractivity contribution in [3.8, 4) is 0 Å². The molecule has 2 aromatic rings. The number of anilines is 1. The molecule has 5 heteroatoms. The molecule has 1 aromatic carbocycles. The van der Waals surface area contributed by atoms with Gasteiger partial charge in [0.1, 0.15) is 0 Å². The molecule has 0 aliphatic heterocycles. The van der Waals surface area contributed by atoms with Crippen LogP contribution in [0.5, 0.6) is 0 Å². The fourth-order valence-electron chi connectivity index (χ4n) is 2.40. The minimum atomic E-state index is -0.394. The quantitative estimate of drug-likeness (QED) is 0.683. The van der Waals surface area contributed by atoms with E-state index in [9.17, 15) is 10.1 Å². The van der Waals surface area contributed by atoms with Crippen molar-refractivity contribution in [2.45, 2.75) is 25.3 Å². The fourth-order valence-corrected chi connectivity index (χ4v) is 2.40. The Kier molecular flexibility index (Phi) is 3.10. The van der Waals surface area contributed by atoms with Gasteiger partial charge in [0.05, 0.1) is 4.92 Å². The standard InChI is InChI=1S/C15H15N3O2/c1-10-7-8-14(18(19)20)15(16-10)17-13-9-12(13)11-5-3-2-4-6-11/h2-8,12-13H,9H2,1H3,(H,16,17). The van der Waals surface area contributed by atoms with E-state index < -0.39 is 4.92 Å². The Labute approximate surface area is 116 Å². The average Bonchev–Trinajstić information content (AvgIpc) is 3.19. The molecule has 5 nitrogen and oxygen atoms in total. The summed E-state index contributed by atoms with van der Waals surface area (Å²) in [5.74, 6) is 0.788. The van der Waals surface area contributed by atoms with Crippen LogP contribution in [-0.4, -0.2) is 15.9 Å². The lowest BCUT2D eigenvalue weighted by atomic mass is 10.1. The maximum Gasteiger partial charge on any atom is 0.311 e. The highest BCUT2D eigenvalue weighted by molar-refractivity contribution is 5.58. The molecule has 1 saturated carbocycles. The summed E-state index contributed by atoms with van der Waals surface area (Å²) in [5.41, 5.74) is 2.07. The maximum atomic E-state index is 11.0. The first-order valence-corrected chi connectivity index (χ1v) is 6.58. The van der Waals surface area contributed by atoms with Crippen LogP contribution in [0.1, 0.15) is 23.6 Å². The Morgan fingerprint density at radius 3 is 2.70 bits per heavy atom. The Morgan fingerprint density at radius 2 is 2.00 bits per heavy atom. The molecular weight excluding hydrogens is 254 g/mol. The smallest absolute Gasteiger partial charge is 0.311 e. The normalized spacial score (nSPS) is 20.4. The van der Waals surface area contributed by atoms with Crippen LogP contribution in [0.2, 0.25) is 0 Å². The van der Waals surface area contributed by atoms with Gasteiger partial charge in [0.2, 0.25) is 5.82 Å². The lowest BCUT2D eigenvalue weighted by Gasteiger charge is -2.06. The summed E-state index contributed by atoms with van der Waals surface area (Å²) < 4.78 is 0. The zero-order valence-corrected chi connectivity index (χ0v) is 11.1. The van der Waals surface area contributed by atoms with Crippen LogP contribution in [0.4, 0.5) is 11.5 Å². The molecule has 1 aromatic heterocycles. The lowest BCUT2D eigenvalue weighted by molar-refractivity contribution is -0.384. The van der Waals surface area contributed by atoms with E-state index >= 15 is 0 Å². The monoisotopic (exact) mass is 269 g/mol. The molecule has 0 spiro atoms. The first kappa shape index (κ1) is 12.6. The molecular formula is C15H15N3O2. The van der Waals surface area contributed by atoms with Crippen molar-refractivity contribution in [3.63, 3.8) is 0 Å². The number of pyridine rings is 1.